The molecule has 25 heavy (non-hydrogen) atoms. The van der Waals surface area contributed by atoms with Crippen LogP contribution < -0.4 is 4.72 Å². The van der Waals surface area contributed by atoms with E-state index in [0.717, 1.165) is 12.1 Å². The molecule has 0 bridgehead atoms. The second-order valence-electron chi connectivity index (χ2n) is 5.54. The summed E-state index contributed by atoms with van der Waals surface area (Å²) in [7, 11) is -4.08. The molecule has 0 radical (unpaired) electrons. The third-order valence-corrected chi connectivity index (χ3v) is 5.07. The molecule has 0 saturated carbocycles. The molecular weight excluding hydrogens is 350 g/mol. The van der Waals surface area contributed by atoms with Crippen LogP contribution in [0.1, 0.15) is 11.3 Å². The van der Waals surface area contributed by atoms with Crippen molar-refractivity contribution < 1.29 is 21.7 Å². The number of aromatic nitrogens is 1. The summed E-state index contributed by atoms with van der Waals surface area (Å²) in [6.07, 6.45) is 0. The van der Waals surface area contributed by atoms with Crippen molar-refractivity contribution in [3.05, 3.63) is 65.4 Å². The van der Waals surface area contributed by atoms with Gasteiger partial charge in [-0.2, -0.15) is 0 Å². The lowest BCUT2D eigenvalue weighted by molar-refractivity contribution is 0.427. The minimum atomic E-state index is -4.08. The number of nitrogens with zero attached hydrogens (tertiary/aromatic N) is 1. The molecule has 0 atom stereocenters. The normalized spacial score (nSPS) is 11.5. The van der Waals surface area contributed by atoms with Crippen molar-refractivity contribution >= 4 is 15.7 Å². The van der Waals surface area contributed by atoms with Crippen molar-refractivity contribution in [1.29, 1.82) is 0 Å². The highest BCUT2D eigenvalue weighted by Gasteiger charge is 2.20. The molecule has 0 amide bonds. The first kappa shape index (κ1) is 17.1. The van der Waals surface area contributed by atoms with Gasteiger partial charge in [0.1, 0.15) is 11.6 Å². The van der Waals surface area contributed by atoms with Gasteiger partial charge < -0.3 is 4.52 Å². The second kappa shape index (κ2) is 6.29. The van der Waals surface area contributed by atoms with Crippen LogP contribution in [0.2, 0.25) is 0 Å². The summed E-state index contributed by atoms with van der Waals surface area (Å²) < 4.78 is 59.3. The first-order chi connectivity index (χ1) is 11.8. The van der Waals surface area contributed by atoms with Gasteiger partial charge in [0.2, 0.25) is 0 Å². The van der Waals surface area contributed by atoms with E-state index in [-0.39, 0.29) is 10.6 Å². The summed E-state index contributed by atoms with van der Waals surface area (Å²) in [6, 6.07) is 9.02. The number of halogens is 2. The molecule has 0 aliphatic heterocycles. The van der Waals surface area contributed by atoms with Crippen LogP contribution in [-0.4, -0.2) is 13.6 Å². The number of hydrogen-bond acceptors (Lipinski definition) is 4. The maximum absolute atomic E-state index is 13.8. The van der Waals surface area contributed by atoms with E-state index in [9.17, 15) is 17.2 Å². The van der Waals surface area contributed by atoms with Crippen molar-refractivity contribution in [2.24, 2.45) is 0 Å². The lowest BCUT2D eigenvalue weighted by atomic mass is 10.1. The van der Waals surface area contributed by atoms with Crippen molar-refractivity contribution in [3.63, 3.8) is 0 Å². The zero-order valence-electron chi connectivity index (χ0n) is 13.4. The van der Waals surface area contributed by atoms with E-state index >= 15 is 0 Å². The summed E-state index contributed by atoms with van der Waals surface area (Å²) >= 11 is 0. The zero-order valence-corrected chi connectivity index (χ0v) is 14.2. The molecule has 0 unspecified atom stereocenters. The average Bonchev–Trinajstić information content (AvgIpc) is 2.97. The molecule has 8 heteroatoms. The highest BCUT2D eigenvalue weighted by atomic mass is 32.2. The fourth-order valence-corrected chi connectivity index (χ4v) is 3.65. The van der Waals surface area contributed by atoms with E-state index in [1.54, 1.807) is 32.0 Å². The number of anilines is 1. The van der Waals surface area contributed by atoms with E-state index in [4.69, 9.17) is 4.52 Å². The largest absolute Gasteiger partial charge is 0.356 e. The summed E-state index contributed by atoms with van der Waals surface area (Å²) in [5.74, 6) is -1.37. The molecule has 0 fully saturated rings. The van der Waals surface area contributed by atoms with Gasteiger partial charge in [-0.25, -0.2) is 17.2 Å². The van der Waals surface area contributed by atoms with Gasteiger partial charge in [0, 0.05) is 17.7 Å². The van der Waals surface area contributed by atoms with Gasteiger partial charge in [-0.05, 0) is 37.6 Å². The molecule has 0 saturated heterocycles. The molecule has 5 nitrogen and oxygen atoms in total. The summed E-state index contributed by atoms with van der Waals surface area (Å²) in [6.45, 7) is 3.36. The van der Waals surface area contributed by atoms with Crippen molar-refractivity contribution in [1.82, 2.24) is 5.16 Å². The Morgan fingerprint density at radius 2 is 1.80 bits per heavy atom. The molecule has 3 aromatic rings. The van der Waals surface area contributed by atoms with E-state index in [0.29, 0.717) is 28.6 Å². The first-order valence-electron chi connectivity index (χ1n) is 7.28. The topological polar surface area (TPSA) is 72.2 Å². The molecule has 1 aromatic heterocycles. The predicted molar refractivity (Wildman–Crippen MR) is 88.6 cm³/mol. The standard InChI is InChI=1S/C17H14F2N2O3S/c1-10-3-4-12(16-7-11(2)20-24-16)8-17(10)25(22,23)21-15-6-5-13(18)9-14(15)19/h3-9,21H,1-2H3. The average molecular weight is 364 g/mol. The minimum absolute atomic E-state index is 0.0391. The first-order valence-corrected chi connectivity index (χ1v) is 8.77. The fourth-order valence-electron chi connectivity index (χ4n) is 2.31. The molecule has 0 aliphatic rings. The van der Waals surface area contributed by atoms with E-state index in [1.807, 2.05) is 0 Å². The van der Waals surface area contributed by atoms with Crippen LogP contribution >= 0.6 is 0 Å². The second-order valence-corrected chi connectivity index (χ2v) is 7.19. The van der Waals surface area contributed by atoms with Crippen molar-refractivity contribution in [3.8, 4) is 11.3 Å². The zero-order chi connectivity index (χ0) is 18.2. The van der Waals surface area contributed by atoms with E-state index < -0.39 is 21.7 Å². The Bertz CT molecular complexity index is 1050. The number of nitrogens with one attached hydrogen (secondary N) is 1. The Morgan fingerprint density at radius 1 is 1.04 bits per heavy atom. The number of sulfonamides is 1. The fraction of sp³-hybridized carbons (Fsp3) is 0.118. The number of hydrogen-bond donors (Lipinski definition) is 1. The van der Waals surface area contributed by atoms with Crippen LogP contribution in [0.4, 0.5) is 14.5 Å². The molecule has 130 valence electrons. The van der Waals surface area contributed by atoms with Crippen LogP contribution in [0.5, 0.6) is 0 Å². The van der Waals surface area contributed by atoms with Crippen LogP contribution in [-0.2, 0) is 10.0 Å². The number of rotatable bonds is 4. The predicted octanol–water partition coefficient (Wildman–Crippen LogP) is 4.04. The van der Waals surface area contributed by atoms with E-state index in [1.165, 1.54) is 6.07 Å². The Labute approximate surface area is 143 Å². The molecule has 2 aromatic carbocycles. The quantitative estimate of drug-likeness (QED) is 0.758. The van der Waals surface area contributed by atoms with Crippen LogP contribution in [0.15, 0.2) is 51.9 Å². The Hall–Kier alpha value is -2.74. The SMILES string of the molecule is Cc1cc(-c2ccc(C)c(S(=O)(=O)Nc3ccc(F)cc3F)c2)on1. The van der Waals surface area contributed by atoms with Crippen molar-refractivity contribution in [2.75, 3.05) is 4.72 Å². The number of benzene rings is 2. The lowest BCUT2D eigenvalue weighted by Gasteiger charge is -2.12. The molecule has 1 N–H and O–H groups in total. The van der Waals surface area contributed by atoms with Gasteiger partial charge in [-0.1, -0.05) is 17.3 Å². The van der Waals surface area contributed by atoms with Gasteiger partial charge in [0.25, 0.3) is 10.0 Å². The van der Waals surface area contributed by atoms with E-state index in [2.05, 4.69) is 9.88 Å². The van der Waals surface area contributed by atoms with Crippen LogP contribution in [0.3, 0.4) is 0 Å². The number of aryl methyl sites for hydroxylation is 2. The summed E-state index contributed by atoms with van der Waals surface area (Å²) in [5, 5.41) is 3.77. The molecule has 1 heterocycles. The highest BCUT2D eigenvalue weighted by Crippen LogP contribution is 2.27. The van der Waals surface area contributed by atoms with Gasteiger partial charge in [-0.15, -0.1) is 0 Å². The summed E-state index contributed by atoms with van der Waals surface area (Å²) in [5.41, 5.74) is 1.31. The molecular formula is C17H14F2N2O3S. The van der Waals surface area contributed by atoms with Crippen molar-refractivity contribution in [2.45, 2.75) is 18.7 Å². The molecule has 3 rings (SSSR count). The highest BCUT2D eigenvalue weighted by molar-refractivity contribution is 7.92. The van der Waals surface area contributed by atoms with Crippen LogP contribution in [0, 0.1) is 25.5 Å². The molecule has 0 aliphatic carbocycles. The van der Waals surface area contributed by atoms with Gasteiger partial charge in [-0.3, -0.25) is 4.72 Å². The maximum atomic E-state index is 13.8. The smallest absolute Gasteiger partial charge is 0.262 e. The lowest BCUT2D eigenvalue weighted by Crippen LogP contribution is -2.15. The van der Waals surface area contributed by atoms with Crippen LogP contribution in [0.25, 0.3) is 11.3 Å². The van der Waals surface area contributed by atoms with Gasteiger partial charge in [0.05, 0.1) is 16.3 Å². The maximum Gasteiger partial charge on any atom is 0.262 e. The molecule has 0 spiro atoms. The third-order valence-electron chi connectivity index (χ3n) is 3.57. The monoisotopic (exact) mass is 364 g/mol. The minimum Gasteiger partial charge on any atom is -0.356 e. The Kier molecular flexibility index (Phi) is 4.30. The third kappa shape index (κ3) is 3.53. The Morgan fingerprint density at radius 3 is 2.44 bits per heavy atom. The Balaban J connectivity index is 2.01. The van der Waals surface area contributed by atoms with Gasteiger partial charge >= 0.3 is 0 Å². The summed E-state index contributed by atoms with van der Waals surface area (Å²) in [4.78, 5) is -0.0391. The van der Waals surface area contributed by atoms with Gasteiger partial charge in [0.15, 0.2) is 5.76 Å².